The summed E-state index contributed by atoms with van der Waals surface area (Å²) in [4.78, 5) is 17.5. The average Bonchev–Trinajstić information content (AvgIpc) is 2.97. The number of methoxy groups -OCH3 is 1. The zero-order valence-electron chi connectivity index (χ0n) is 12.8. The number of rotatable bonds is 2. The lowest BCUT2D eigenvalue weighted by Gasteiger charge is -2.16. The van der Waals surface area contributed by atoms with Crippen molar-refractivity contribution in [3.8, 4) is 5.75 Å². The molecule has 1 N–H and O–H groups in total. The van der Waals surface area contributed by atoms with Gasteiger partial charge in [-0.25, -0.2) is 0 Å². The Morgan fingerprint density at radius 1 is 1.30 bits per heavy atom. The third kappa shape index (κ3) is 2.20. The van der Waals surface area contributed by atoms with Crippen LogP contribution >= 0.6 is 0 Å². The summed E-state index contributed by atoms with van der Waals surface area (Å²) in [5, 5.41) is 1.13. The van der Waals surface area contributed by atoms with E-state index in [2.05, 4.69) is 4.98 Å². The summed E-state index contributed by atoms with van der Waals surface area (Å²) in [6.45, 7) is 4.00. The van der Waals surface area contributed by atoms with Gasteiger partial charge in [0.1, 0.15) is 5.75 Å². The number of likely N-dealkylation sites (N-methyl/N-ethyl adjacent to an activating group) is 1. The van der Waals surface area contributed by atoms with Crippen molar-refractivity contribution in [1.82, 2.24) is 9.88 Å². The zero-order valence-corrected chi connectivity index (χ0v) is 12.8. The summed E-state index contributed by atoms with van der Waals surface area (Å²) in [5.41, 5.74) is 2.87. The standard InChI is InChI=1S/C14H16N2O2.C2H6/c1-16(2)12-7-10-9-5-4-8(18-3)6-11(9)15-13(10)14(12)17;1-2/h4-6,12,15H,7H2,1-3H3;1-2H3. The summed E-state index contributed by atoms with van der Waals surface area (Å²) in [7, 11) is 5.53. The Bertz CT molecular complexity index is 629. The summed E-state index contributed by atoms with van der Waals surface area (Å²) in [5.74, 6) is 0.990. The molecule has 0 saturated carbocycles. The normalized spacial score (nSPS) is 17.1. The molecule has 1 heterocycles. The van der Waals surface area contributed by atoms with Crippen LogP contribution in [0.4, 0.5) is 0 Å². The highest BCUT2D eigenvalue weighted by molar-refractivity contribution is 6.08. The van der Waals surface area contributed by atoms with Crippen LogP contribution in [-0.2, 0) is 6.42 Å². The van der Waals surface area contributed by atoms with Gasteiger partial charge in [0.05, 0.1) is 18.8 Å². The first-order valence-electron chi connectivity index (χ1n) is 7.01. The van der Waals surface area contributed by atoms with Crippen molar-refractivity contribution < 1.29 is 9.53 Å². The molecule has 1 aromatic carbocycles. The average molecular weight is 274 g/mol. The third-order valence-electron chi connectivity index (χ3n) is 3.68. The van der Waals surface area contributed by atoms with Crippen molar-refractivity contribution in [2.24, 2.45) is 0 Å². The molecule has 2 aromatic rings. The van der Waals surface area contributed by atoms with Gasteiger partial charge in [0.15, 0.2) is 5.78 Å². The Labute approximate surface area is 119 Å². The predicted octanol–water partition coefficient (Wildman–Crippen LogP) is 2.87. The van der Waals surface area contributed by atoms with Crippen molar-refractivity contribution in [2.45, 2.75) is 26.3 Å². The number of aromatic amines is 1. The maximum atomic E-state index is 12.3. The van der Waals surface area contributed by atoms with E-state index in [-0.39, 0.29) is 11.8 Å². The monoisotopic (exact) mass is 274 g/mol. The van der Waals surface area contributed by atoms with Crippen LogP contribution in [-0.4, -0.2) is 42.9 Å². The molecule has 108 valence electrons. The zero-order chi connectivity index (χ0) is 14.9. The Kier molecular flexibility index (Phi) is 4.14. The smallest absolute Gasteiger partial charge is 0.196 e. The fraction of sp³-hybridized carbons (Fsp3) is 0.438. The minimum atomic E-state index is -0.0299. The van der Waals surface area contributed by atoms with Crippen LogP contribution in [0, 0.1) is 0 Å². The van der Waals surface area contributed by atoms with Crippen LogP contribution in [0.2, 0.25) is 0 Å². The molecule has 4 heteroatoms. The number of hydrogen-bond donors (Lipinski definition) is 1. The van der Waals surface area contributed by atoms with Gasteiger partial charge in [-0.05, 0) is 38.2 Å². The fourth-order valence-corrected chi connectivity index (χ4v) is 2.65. The van der Waals surface area contributed by atoms with E-state index in [9.17, 15) is 4.79 Å². The lowest BCUT2D eigenvalue weighted by molar-refractivity contribution is 0.0893. The van der Waals surface area contributed by atoms with Crippen molar-refractivity contribution >= 4 is 16.7 Å². The highest BCUT2D eigenvalue weighted by atomic mass is 16.5. The van der Waals surface area contributed by atoms with E-state index in [4.69, 9.17) is 4.74 Å². The number of H-pyrrole nitrogens is 1. The van der Waals surface area contributed by atoms with Crippen molar-refractivity contribution in [1.29, 1.82) is 0 Å². The van der Waals surface area contributed by atoms with Gasteiger partial charge < -0.3 is 9.72 Å². The molecular formula is C16H22N2O2. The molecule has 0 spiro atoms. The minimum absolute atomic E-state index is 0.0299. The van der Waals surface area contributed by atoms with E-state index >= 15 is 0 Å². The Balaban J connectivity index is 0.000000704. The van der Waals surface area contributed by atoms with Gasteiger partial charge in [-0.3, -0.25) is 9.69 Å². The fourth-order valence-electron chi connectivity index (χ4n) is 2.65. The van der Waals surface area contributed by atoms with Gasteiger partial charge in [0.25, 0.3) is 0 Å². The highest BCUT2D eigenvalue weighted by Gasteiger charge is 2.34. The molecule has 1 aliphatic carbocycles. The second kappa shape index (κ2) is 5.67. The van der Waals surface area contributed by atoms with E-state index in [1.165, 1.54) is 0 Å². The number of fused-ring (bicyclic) bond motifs is 3. The maximum Gasteiger partial charge on any atom is 0.196 e. The van der Waals surface area contributed by atoms with Crippen molar-refractivity contribution in [2.75, 3.05) is 21.2 Å². The largest absolute Gasteiger partial charge is 0.497 e. The second-order valence-corrected chi connectivity index (χ2v) is 4.94. The van der Waals surface area contributed by atoms with Crippen LogP contribution < -0.4 is 4.74 Å². The second-order valence-electron chi connectivity index (χ2n) is 4.94. The Morgan fingerprint density at radius 3 is 2.60 bits per heavy atom. The van der Waals surface area contributed by atoms with Crippen LogP contribution in [0.15, 0.2) is 18.2 Å². The summed E-state index contributed by atoms with van der Waals surface area (Å²) in [6.07, 6.45) is 0.785. The van der Waals surface area contributed by atoms with Crippen LogP contribution in [0.3, 0.4) is 0 Å². The number of benzene rings is 1. The number of nitrogens with zero attached hydrogens (tertiary/aromatic N) is 1. The minimum Gasteiger partial charge on any atom is -0.497 e. The predicted molar refractivity (Wildman–Crippen MR) is 81.7 cm³/mol. The quantitative estimate of drug-likeness (QED) is 0.916. The number of Topliss-reactive ketones (excluding diaryl/α,β-unsaturated/α-hetero) is 1. The number of ether oxygens (including phenoxy) is 1. The summed E-state index contributed by atoms with van der Waals surface area (Å²) in [6, 6.07) is 5.86. The number of aromatic nitrogens is 1. The maximum absolute atomic E-state index is 12.3. The molecule has 1 aliphatic rings. The number of carbonyl (C=O) groups is 1. The molecule has 20 heavy (non-hydrogen) atoms. The number of ketones is 1. The van der Waals surface area contributed by atoms with Crippen LogP contribution in [0.1, 0.15) is 29.9 Å². The lowest BCUT2D eigenvalue weighted by atomic mass is 10.1. The first kappa shape index (κ1) is 14.6. The molecule has 0 radical (unpaired) electrons. The van der Waals surface area contributed by atoms with E-state index in [1.54, 1.807) is 7.11 Å². The molecule has 4 nitrogen and oxygen atoms in total. The molecule has 3 rings (SSSR count). The number of carbonyl (C=O) groups excluding carboxylic acids is 1. The topological polar surface area (TPSA) is 45.3 Å². The molecule has 0 fully saturated rings. The molecule has 1 aromatic heterocycles. The molecule has 0 amide bonds. The number of nitrogens with one attached hydrogen (secondary N) is 1. The van der Waals surface area contributed by atoms with Gasteiger partial charge >= 0.3 is 0 Å². The molecule has 1 atom stereocenters. The third-order valence-corrected chi connectivity index (χ3v) is 3.68. The first-order valence-corrected chi connectivity index (χ1v) is 7.01. The van der Waals surface area contributed by atoms with E-state index < -0.39 is 0 Å². The van der Waals surface area contributed by atoms with Crippen LogP contribution in [0.25, 0.3) is 10.9 Å². The van der Waals surface area contributed by atoms with Gasteiger partial charge in [-0.15, -0.1) is 0 Å². The van der Waals surface area contributed by atoms with Crippen molar-refractivity contribution in [3.63, 3.8) is 0 Å². The van der Waals surface area contributed by atoms with Gasteiger partial charge in [0, 0.05) is 17.0 Å². The van der Waals surface area contributed by atoms with E-state index in [1.807, 2.05) is 51.0 Å². The highest BCUT2D eigenvalue weighted by Crippen LogP contribution is 2.33. The van der Waals surface area contributed by atoms with Gasteiger partial charge in [-0.2, -0.15) is 0 Å². The molecule has 0 bridgehead atoms. The number of hydrogen-bond acceptors (Lipinski definition) is 3. The van der Waals surface area contributed by atoms with Crippen LogP contribution in [0.5, 0.6) is 5.75 Å². The molecule has 0 aliphatic heterocycles. The SMILES string of the molecule is CC.COc1ccc2c3c([nH]c2c1)C(=O)C(N(C)C)C3. The van der Waals surface area contributed by atoms with Crippen molar-refractivity contribution in [3.05, 3.63) is 29.5 Å². The Morgan fingerprint density at radius 2 is 2.00 bits per heavy atom. The first-order chi connectivity index (χ1) is 9.61. The molecule has 0 saturated heterocycles. The summed E-state index contributed by atoms with van der Waals surface area (Å²) < 4.78 is 5.20. The lowest BCUT2D eigenvalue weighted by Crippen LogP contribution is -2.33. The summed E-state index contributed by atoms with van der Waals surface area (Å²) >= 11 is 0. The molecule has 1 unspecified atom stereocenters. The Hall–Kier alpha value is -1.81. The van der Waals surface area contributed by atoms with Gasteiger partial charge in [-0.1, -0.05) is 13.8 Å². The molecular weight excluding hydrogens is 252 g/mol. The van der Waals surface area contributed by atoms with Gasteiger partial charge in [0.2, 0.25) is 0 Å². The van der Waals surface area contributed by atoms with E-state index in [0.29, 0.717) is 0 Å². The van der Waals surface area contributed by atoms with E-state index in [0.717, 1.165) is 34.3 Å².